The second kappa shape index (κ2) is 7.17. The van der Waals surface area contributed by atoms with Crippen LogP contribution in [-0.2, 0) is 24.3 Å². The maximum absolute atomic E-state index is 12.7. The van der Waals surface area contributed by atoms with Gasteiger partial charge in [-0.2, -0.15) is 0 Å². The summed E-state index contributed by atoms with van der Waals surface area (Å²) in [7, 11) is 0. The third-order valence-electron chi connectivity index (χ3n) is 3.21. The maximum atomic E-state index is 12.7. The van der Waals surface area contributed by atoms with Gasteiger partial charge in [0, 0.05) is 15.1 Å². The molecule has 0 saturated heterocycles. The Kier molecular flexibility index (Phi) is 5.02. The number of nitrogens with zero attached hydrogens (tertiary/aromatic N) is 2. The van der Waals surface area contributed by atoms with E-state index in [1.54, 1.807) is 34.0 Å². The largest absolute Gasteiger partial charge is 0.332 e. The highest BCUT2D eigenvalue weighted by Crippen LogP contribution is 2.18. The number of thiazole rings is 1. The van der Waals surface area contributed by atoms with E-state index in [9.17, 15) is 4.79 Å². The Labute approximate surface area is 141 Å². The first-order valence-corrected chi connectivity index (χ1v) is 9.58. The Morgan fingerprint density at radius 3 is 2.18 bits per heavy atom. The highest BCUT2D eigenvalue weighted by molar-refractivity contribution is 7.10. The normalized spacial score (nSPS) is 10.8. The van der Waals surface area contributed by atoms with Gasteiger partial charge in [-0.1, -0.05) is 12.1 Å². The lowest BCUT2D eigenvalue weighted by atomic mass is 10.2. The predicted octanol–water partition coefficient (Wildman–Crippen LogP) is 4.35. The van der Waals surface area contributed by atoms with Crippen LogP contribution in [0.2, 0.25) is 0 Å². The van der Waals surface area contributed by atoms with E-state index in [4.69, 9.17) is 0 Å². The molecule has 1 amide bonds. The van der Waals surface area contributed by atoms with E-state index < -0.39 is 0 Å². The van der Waals surface area contributed by atoms with Crippen LogP contribution in [0.1, 0.15) is 20.5 Å². The van der Waals surface area contributed by atoms with Gasteiger partial charge in [-0.3, -0.25) is 4.79 Å². The van der Waals surface area contributed by atoms with Crippen LogP contribution < -0.4 is 0 Å². The molecule has 3 aromatic rings. The summed E-state index contributed by atoms with van der Waals surface area (Å²) < 4.78 is 0. The number of carbonyl (C=O) groups excluding carboxylic acids is 1. The molecular weight excluding hydrogens is 332 g/mol. The predicted molar refractivity (Wildman–Crippen MR) is 93.4 cm³/mol. The number of hydrogen-bond acceptors (Lipinski definition) is 5. The minimum atomic E-state index is 0.132. The lowest BCUT2D eigenvalue weighted by molar-refractivity contribution is -0.131. The average Bonchev–Trinajstić information content (AvgIpc) is 3.21. The molecule has 3 rings (SSSR count). The number of aryl methyl sites for hydroxylation is 1. The number of hydrogen-bond donors (Lipinski definition) is 0. The van der Waals surface area contributed by atoms with Crippen LogP contribution >= 0.6 is 34.0 Å². The molecule has 22 heavy (non-hydrogen) atoms. The smallest absolute Gasteiger partial charge is 0.229 e. The molecule has 0 fully saturated rings. The Hall–Kier alpha value is -1.50. The molecule has 0 spiro atoms. The van der Waals surface area contributed by atoms with Crippen molar-refractivity contribution in [1.29, 1.82) is 0 Å². The van der Waals surface area contributed by atoms with Crippen molar-refractivity contribution in [3.05, 3.63) is 60.9 Å². The van der Waals surface area contributed by atoms with E-state index in [2.05, 4.69) is 17.1 Å². The lowest BCUT2D eigenvalue weighted by Crippen LogP contribution is -2.31. The molecule has 0 bridgehead atoms. The first kappa shape index (κ1) is 15.4. The summed E-state index contributed by atoms with van der Waals surface area (Å²) in [6.07, 6.45) is 0.376. The van der Waals surface area contributed by atoms with Crippen molar-refractivity contribution >= 4 is 39.9 Å². The van der Waals surface area contributed by atoms with Gasteiger partial charge in [-0.25, -0.2) is 4.98 Å². The summed E-state index contributed by atoms with van der Waals surface area (Å²) in [5.41, 5.74) is 0.870. The van der Waals surface area contributed by atoms with E-state index in [-0.39, 0.29) is 5.91 Å². The van der Waals surface area contributed by atoms with Crippen LogP contribution in [0.5, 0.6) is 0 Å². The maximum Gasteiger partial charge on any atom is 0.229 e. The molecule has 3 aromatic heterocycles. The number of amides is 1. The summed E-state index contributed by atoms with van der Waals surface area (Å²) in [6.45, 7) is 3.29. The van der Waals surface area contributed by atoms with Gasteiger partial charge >= 0.3 is 0 Å². The molecule has 0 aliphatic heterocycles. The highest BCUT2D eigenvalue weighted by Gasteiger charge is 2.17. The molecule has 6 heteroatoms. The van der Waals surface area contributed by atoms with Crippen LogP contribution in [0.4, 0.5) is 0 Å². The fourth-order valence-electron chi connectivity index (χ4n) is 2.17. The van der Waals surface area contributed by atoms with Crippen molar-refractivity contribution in [2.24, 2.45) is 0 Å². The van der Waals surface area contributed by atoms with Gasteiger partial charge < -0.3 is 4.90 Å². The Balaban J connectivity index is 1.72. The van der Waals surface area contributed by atoms with Crippen molar-refractivity contribution in [2.45, 2.75) is 26.4 Å². The topological polar surface area (TPSA) is 33.2 Å². The van der Waals surface area contributed by atoms with Crippen LogP contribution in [-0.4, -0.2) is 15.8 Å². The van der Waals surface area contributed by atoms with Gasteiger partial charge in [0.1, 0.15) is 0 Å². The number of aromatic nitrogens is 1. The molecule has 114 valence electrons. The highest BCUT2D eigenvalue weighted by atomic mass is 32.1. The average molecular weight is 349 g/mol. The van der Waals surface area contributed by atoms with Gasteiger partial charge in [0.05, 0.1) is 30.2 Å². The van der Waals surface area contributed by atoms with Crippen molar-refractivity contribution in [3.63, 3.8) is 0 Å². The SMILES string of the molecule is Cc1nc(CC(=O)N(Cc2cccs2)Cc2cccs2)cs1. The van der Waals surface area contributed by atoms with Crippen LogP contribution in [0.25, 0.3) is 0 Å². The number of carbonyl (C=O) groups is 1. The van der Waals surface area contributed by atoms with Gasteiger partial charge in [-0.05, 0) is 29.8 Å². The second-order valence-electron chi connectivity index (χ2n) is 4.94. The molecule has 0 aliphatic rings. The number of thiophene rings is 2. The van der Waals surface area contributed by atoms with Crippen LogP contribution in [0.15, 0.2) is 40.4 Å². The van der Waals surface area contributed by atoms with Crippen molar-refractivity contribution < 1.29 is 4.79 Å². The van der Waals surface area contributed by atoms with Gasteiger partial charge in [0.15, 0.2) is 0 Å². The van der Waals surface area contributed by atoms with Crippen molar-refractivity contribution in [2.75, 3.05) is 0 Å². The molecule has 0 saturated carbocycles. The van der Waals surface area contributed by atoms with Gasteiger partial charge in [0.2, 0.25) is 5.91 Å². The fourth-order valence-corrected chi connectivity index (χ4v) is 4.22. The van der Waals surface area contributed by atoms with Crippen molar-refractivity contribution in [1.82, 2.24) is 9.88 Å². The first-order chi connectivity index (χ1) is 10.7. The second-order valence-corrected chi connectivity index (χ2v) is 8.07. The summed E-state index contributed by atoms with van der Waals surface area (Å²) >= 11 is 4.97. The first-order valence-electron chi connectivity index (χ1n) is 6.94. The summed E-state index contributed by atoms with van der Waals surface area (Å²) in [5.74, 6) is 0.132. The molecule has 0 unspecified atom stereocenters. The van der Waals surface area contributed by atoms with Gasteiger partial charge in [0.25, 0.3) is 0 Å². The van der Waals surface area contributed by atoms with Crippen LogP contribution in [0.3, 0.4) is 0 Å². The van der Waals surface area contributed by atoms with Crippen molar-refractivity contribution in [3.8, 4) is 0 Å². The zero-order valence-electron chi connectivity index (χ0n) is 12.2. The van der Waals surface area contributed by atoms with Gasteiger partial charge in [-0.15, -0.1) is 34.0 Å². The quantitative estimate of drug-likeness (QED) is 0.664. The molecule has 3 heterocycles. The molecular formula is C16H16N2OS3. The third kappa shape index (κ3) is 4.03. The van der Waals surface area contributed by atoms with E-state index in [0.29, 0.717) is 19.5 Å². The fraction of sp³-hybridized carbons (Fsp3) is 0.250. The van der Waals surface area contributed by atoms with E-state index >= 15 is 0 Å². The summed E-state index contributed by atoms with van der Waals surface area (Å²) in [6, 6.07) is 8.20. The zero-order valence-corrected chi connectivity index (χ0v) is 14.6. The van der Waals surface area contributed by atoms with E-state index in [1.165, 1.54) is 9.75 Å². The van der Waals surface area contributed by atoms with E-state index in [0.717, 1.165) is 10.7 Å². The summed E-state index contributed by atoms with van der Waals surface area (Å²) in [4.78, 5) is 21.4. The molecule has 0 aromatic carbocycles. The monoisotopic (exact) mass is 348 g/mol. The molecule has 0 N–H and O–H groups in total. The molecule has 0 radical (unpaired) electrons. The zero-order chi connectivity index (χ0) is 15.4. The van der Waals surface area contributed by atoms with E-state index in [1.807, 2.05) is 40.1 Å². The third-order valence-corrected chi connectivity index (χ3v) is 5.75. The molecule has 0 atom stereocenters. The molecule has 3 nitrogen and oxygen atoms in total. The lowest BCUT2D eigenvalue weighted by Gasteiger charge is -2.21. The minimum absolute atomic E-state index is 0.132. The van der Waals surface area contributed by atoms with Crippen LogP contribution in [0, 0.1) is 6.92 Å². The minimum Gasteiger partial charge on any atom is -0.332 e. The molecule has 0 aliphatic carbocycles. The Morgan fingerprint density at radius 1 is 1.09 bits per heavy atom. The summed E-state index contributed by atoms with van der Waals surface area (Å²) in [5, 5.41) is 7.08. The number of rotatable bonds is 6. The standard InChI is InChI=1S/C16H16N2OS3/c1-12-17-13(11-22-12)8-16(19)18(9-14-4-2-6-20-14)10-15-5-3-7-21-15/h2-7,11H,8-10H2,1H3. The Bertz CT molecular complexity index is 680. The Morgan fingerprint density at radius 2 is 1.73 bits per heavy atom.